The second-order valence-electron chi connectivity index (χ2n) is 4.83. The van der Waals surface area contributed by atoms with E-state index in [9.17, 15) is 26.0 Å². The molecule has 2 aromatic carbocycles. The van der Waals surface area contributed by atoms with Gasteiger partial charge in [0.2, 0.25) is 10.0 Å². The van der Waals surface area contributed by atoms with E-state index in [-0.39, 0.29) is 12.3 Å². The van der Waals surface area contributed by atoms with Crippen LogP contribution in [0.5, 0.6) is 5.75 Å². The van der Waals surface area contributed by atoms with Crippen molar-refractivity contribution in [2.75, 3.05) is 7.05 Å². The van der Waals surface area contributed by atoms with Crippen LogP contribution in [-0.2, 0) is 16.6 Å². The summed E-state index contributed by atoms with van der Waals surface area (Å²) >= 11 is 0. The van der Waals surface area contributed by atoms with E-state index in [4.69, 9.17) is 0 Å². The molecule has 130 valence electrons. The zero-order valence-corrected chi connectivity index (χ0v) is 13.2. The highest BCUT2D eigenvalue weighted by Gasteiger charge is 2.28. The summed E-state index contributed by atoms with van der Waals surface area (Å²) in [5.41, 5.74) is 0.430. The summed E-state index contributed by atoms with van der Waals surface area (Å²) in [6.07, 6.45) is 0. The predicted molar refractivity (Wildman–Crippen MR) is 78.1 cm³/mol. The summed E-state index contributed by atoms with van der Waals surface area (Å²) < 4.78 is 81.1. The Balaban J connectivity index is 2.21. The highest BCUT2D eigenvalue weighted by atomic mass is 32.2. The first-order chi connectivity index (χ1) is 11.2. The van der Waals surface area contributed by atoms with Gasteiger partial charge in [0.15, 0.2) is 4.90 Å². The molecule has 2 aromatic rings. The van der Waals surface area contributed by atoms with Crippen LogP contribution in [0.4, 0.5) is 17.6 Å². The average molecular weight is 363 g/mol. The van der Waals surface area contributed by atoms with Gasteiger partial charge < -0.3 is 4.74 Å². The van der Waals surface area contributed by atoms with Gasteiger partial charge in [-0.05, 0) is 29.8 Å². The molecule has 24 heavy (non-hydrogen) atoms. The summed E-state index contributed by atoms with van der Waals surface area (Å²) in [6, 6.07) is 7.99. The third kappa shape index (κ3) is 4.04. The van der Waals surface area contributed by atoms with Gasteiger partial charge >= 0.3 is 6.61 Å². The lowest BCUT2D eigenvalue weighted by atomic mass is 10.2. The molecular formula is C15H13F4NO3S. The highest BCUT2D eigenvalue weighted by molar-refractivity contribution is 7.89. The van der Waals surface area contributed by atoms with Crippen molar-refractivity contribution in [3.05, 3.63) is 59.7 Å². The minimum Gasteiger partial charge on any atom is -0.435 e. The van der Waals surface area contributed by atoms with Crippen LogP contribution in [-0.4, -0.2) is 26.4 Å². The third-order valence-corrected chi connectivity index (χ3v) is 5.00. The van der Waals surface area contributed by atoms with Crippen LogP contribution in [0.15, 0.2) is 47.4 Å². The second-order valence-corrected chi connectivity index (χ2v) is 6.82. The van der Waals surface area contributed by atoms with E-state index >= 15 is 0 Å². The van der Waals surface area contributed by atoms with E-state index in [1.165, 1.54) is 24.3 Å². The van der Waals surface area contributed by atoms with Gasteiger partial charge in [0, 0.05) is 13.6 Å². The van der Waals surface area contributed by atoms with Crippen LogP contribution in [0, 0.1) is 11.6 Å². The lowest BCUT2D eigenvalue weighted by Crippen LogP contribution is -2.28. The van der Waals surface area contributed by atoms with E-state index in [0.29, 0.717) is 5.56 Å². The van der Waals surface area contributed by atoms with Crippen molar-refractivity contribution in [1.82, 2.24) is 4.31 Å². The van der Waals surface area contributed by atoms with Crippen LogP contribution in [0.3, 0.4) is 0 Å². The van der Waals surface area contributed by atoms with Crippen LogP contribution in [0.25, 0.3) is 0 Å². The summed E-state index contributed by atoms with van der Waals surface area (Å²) in [4.78, 5) is -1.04. The number of alkyl halides is 2. The lowest BCUT2D eigenvalue weighted by molar-refractivity contribution is -0.0498. The fourth-order valence-corrected chi connectivity index (χ4v) is 3.26. The molecule has 0 aromatic heterocycles. The van der Waals surface area contributed by atoms with Crippen molar-refractivity contribution in [2.24, 2.45) is 0 Å². The number of nitrogens with zero attached hydrogens (tertiary/aromatic N) is 1. The summed E-state index contributed by atoms with van der Waals surface area (Å²) in [7, 11) is -3.24. The summed E-state index contributed by atoms with van der Waals surface area (Å²) in [5.74, 6) is -2.47. The molecule has 0 spiro atoms. The summed E-state index contributed by atoms with van der Waals surface area (Å²) in [6.45, 7) is -3.17. The quantitative estimate of drug-likeness (QED) is 0.739. The first-order valence-corrected chi connectivity index (χ1v) is 8.10. The van der Waals surface area contributed by atoms with Crippen molar-refractivity contribution >= 4 is 10.0 Å². The smallest absolute Gasteiger partial charge is 0.387 e. The Kier molecular flexibility index (Phi) is 5.45. The van der Waals surface area contributed by atoms with Gasteiger partial charge in [-0.1, -0.05) is 18.2 Å². The SMILES string of the molecule is CN(Cc1ccc(OC(F)F)cc1)S(=O)(=O)c1c(F)cccc1F. The van der Waals surface area contributed by atoms with E-state index in [1.54, 1.807) is 0 Å². The lowest BCUT2D eigenvalue weighted by Gasteiger charge is -2.18. The molecule has 0 heterocycles. The molecular weight excluding hydrogens is 350 g/mol. The minimum absolute atomic E-state index is 0.0839. The second kappa shape index (κ2) is 7.18. The van der Waals surface area contributed by atoms with Crippen LogP contribution in [0.2, 0.25) is 0 Å². The Morgan fingerprint density at radius 1 is 1.04 bits per heavy atom. The van der Waals surface area contributed by atoms with Gasteiger partial charge in [-0.2, -0.15) is 13.1 Å². The van der Waals surface area contributed by atoms with E-state index in [0.717, 1.165) is 29.6 Å². The fourth-order valence-electron chi connectivity index (χ4n) is 2.00. The van der Waals surface area contributed by atoms with Crippen molar-refractivity contribution in [3.63, 3.8) is 0 Å². The molecule has 9 heteroatoms. The highest BCUT2D eigenvalue weighted by Crippen LogP contribution is 2.23. The maximum Gasteiger partial charge on any atom is 0.387 e. The standard InChI is InChI=1S/C15H13F4NO3S/c1-20(9-10-5-7-11(8-6-10)23-15(18)19)24(21,22)14-12(16)3-2-4-13(14)17/h2-8,15H,9H2,1H3. The van der Waals surface area contributed by atoms with Gasteiger partial charge in [0.25, 0.3) is 0 Å². The topological polar surface area (TPSA) is 46.6 Å². The monoisotopic (exact) mass is 363 g/mol. The first kappa shape index (κ1) is 18.2. The Morgan fingerprint density at radius 3 is 2.08 bits per heavy atom. The van der Waals surface area contributed by atoms with Gasteiger partial charge in [-0.25, -0.2) is 17.2 Å². The molecule has 0 bridgehead atoms. The molecule has 0 unspecified atom stereocenters. The maximum absolute atomic E-state index is 13.7. The molecule has 0 aliphatic rings. The number of hydrogen-bond acceptors (Lipinski definition) is 3. The predicted octanol–water partition coefficient (Wildman–Crippen LogP) is 3.39. The number of benzene rings is 2. The van der Waals surface area contributed by atoms with Gasteiger partial charge in [-0.3, -0.25) is 0 Å². The minimum atomic E-state index is -4.40. The molecule has 0 aliphatic heterocycles. The normalized spacial score (nSPS) is 12.0. The Labute approximate surface area is 136 Å². The molecule has 0 saturated heterocycles. The molecule has 4 nitrogen and oxygen atoms in total. The molecule has 0 atom stereocenters. The molecule has 0 radical (unpaired) electrons. The molecule has 0 fully saturated rings. The molecule has 2 rings (SSSR count). The van der Waals surface area contributed by atoms with Crippen LogP contribution in [0.1, 0.15) is 5.56 Å². The van der Waals surface area contributed by atoms with Crippen molar-refractivity contribution < 1.29 is 30.7 Å². The molecule has 0 amide bonds. The molecule has 0 saturated carbocycles. The number of ether oxygens (including phenoxy) is 1. The number of rotatable bonds is 6. The Morgan fingerprint density at radius 2 is 1.58 bits per heavy atom. The number of halogens is 4. The third-order valence-electron chi connectivity index (χ3n) is 3.14. The van der Waals surface area contributed by atoms with Gasteiger partial charge in [0.1, 0.15) is 17.4 Å². The number of hydrogen-bond donors (Lipinski definition) is 0. The van der Waals surface area contributed by atoms with Crippen molar-refractivity contribution in [3.8, 4) is 5.75 Å². The van der Waals surface area contributed by atoms with Crippen molar-refractivity contribution in [1.29, 1.82) is 0 Å². The first-order valence-electron chi connectivity index (χ1n) is 6.66. The molecule has 0 N–H and O–H groups in total. The van der Waals surface area contributed by atoms with E-state index < -0.39 is 33.2 Å². The Hall–Kier alpha value is -2.13. The zero-order valence-electron chi connectivity index (χ0n) is 12.4. The molecule has 0 aliphatic carbocycles. The zero-order chi connectivity index (χ0) is 17.9. The van der Waals surface area contributed by atoms with Crippen LogP contribution < -0.4 is 4.74 Å². The summed E-state index contributed by atoms with van der Waals surface area (Å²) in [5, 5.41) is 0. The van der Waals surface area contributed by atoms with Crippen LogP contribution >= 0.6 is 0 Å². The van der Waals surface area contributed by atoms with Crippen molar-refractivity contribution in [2.45, 2.75) is 18.1 Å². The maximum atomic E-state index is 13.7. The Bertz CT molecular complexity index is 790. The average Bonchev–Trinajstić information content (AvgIpc) is 2.48. The number of sulfonamides is 1. The fraction of sp³-hybridized carbons (Fsp3) is 0.200. The van der Waals surface area contributed by atoms with Gasteiger partial charge in [0.05, 0.1) is 0 Å². The largest absolute Gasteiger partial charge is 0.435 e. The van der Waals surface area contributed by atoms with E-state index in [2.05, 4.69) is 4.74 Å². The van der Waals surface area contributed by atoms with Gasteiger partial charge in [-0.15, -0.1) is 0 Å². The van der Waals surface area contributed by atoms with E-state index in [1.807, 2.05) is 0 Å².